The molecule has 0 radical (unpaired) electrons. The maximum absolute atomic E-state index is 5.31. The number of ether oxygens (including phenoxy) is 2. The summed E-state index contributed by atoms with van der Waals surface area (Å²) in [5.74, 6) is 2.11. The molecule has 0 aliphatic heterocycles. The number of nitrogens with one attached hydrogen (secondary N) is 1. The first-order valence-electron chi connectivity index (χ1n) is 6.90. The molecule has 1 N–H and O–H groups in total. The van der Waals surface area contributed by atoms with Gasteiger partial charge in [0.2, 0.25) is 0 Å². The lowest BCUT2D eigenvalue weighted by Gasteiger charge is -2.07. The highest BCUT2D eigenvalue weighted by Crippen LogP contribution is 2.28. The molecule has 3 rings (SSSR count). The summed E-state index contributed by atoms with van der Waals surface area (Å²) in [4.78, 5) is 1.65. The molecule has 0 atom stereocenters. The SMILES string of the molecule is COc1ccc(Cc2n[nH][n+](-c3ccccc3)n2)cc1OC. The van der Waals surface area contributed by atoms with E-state index in [0.29, 0.717) is 23.7 Å². The Morgan fingerprint density at radius 2 is 1.77 bits per heavy atom. The third-order valence-corrected chi connectivity index (χ3v) is 3.30. The third kappa shape index (κ3) is 2.90. The van der Waals surface area contributed by atoms with E-state index in [0.717, 1.165) is 11.3 Å². The van der Waals surface area contributed by atoms with E-state index >= 15 is 0 Å². The van der Waals surface area contributed by atoms with Crippen molar-refractivity contribution in [2.45, 2.75) is 6.42 Å². The van der Waals surface area contributed by atoms with Crippen LogP contribution < -0.4 is 14.3 Å². The lowest BCUT2D eigenvalue weighted by Crippen LogP contribution is -2.36. The molecule has 22 heavy (non-hydrogen) atoms. The summed E-state index contributed by atoms with van der Waals surface area (Å²) in [6, 6.07) is 15.6. The Bertz CT molecular complexity index is 756. The van der Waals surface area contributed by atoms with Crippen LogP contribution in [0.15, 0.2) is 48.5 Å². The van der Waals surface area contributed by atoms with E-state index in [2.05, 4.69) is 15.4 Å². The minimum Gasteiger partial charge on any atom is -0.493 e. The van der Waals surface area contributed by atoms with Gasteiger partial charge < -0.3 is 9.47 Å². The van der Waals surface area contributed by atoms with E-state index < -0.39 is 0 Å². The number of para-hydroxylation sites is 1. The highest BCUT2D eigenvalue weighted by molar-refractivity contribution is 5.43. The van der Waals surface area contributed by atoms with Gasteiger partial charge in [0.25, 0.3) is 0 Å². The number of aromatic amines is 1. The zero-order valence-electron chi connectivity index (χ0n) is 12.5. The number of aromatic nitrogens is 4. The molecule has 3 aromatic rings. The maximum atomic E-state index is 5.31. The van der Waals surface area contributed by atoms with E-state index in [9.17, 15) is 0 Å². The van der Waals surface area contributed by atoms with Gasteiger partial charge in [-0.3, -0.25) is 0 Å². The Morgan fingerprint density at radius 1 is 1.00 bits per heavy atom. The monoisotopic (exact) mass is 297 g/mol. The normalized spacial score (nSPS) is 10.5. The van der Waals surface area contributed by atoms with Crippen molar-refractivity contribution in [2.24, 2.45) is 0 Å². The number of hydrogen-bond acceptors (Lipinski definition) is 4. The van der Waals surface area contributed by atoms with Crippen molar-refractivity contribution >= 4 is 0 Å². The van der Waals surface area contributed by atoms with Crippen LogP contribution in [-0.2, 0) is 6.42 Å². The number of H-pyrrole nitrogens is 1. The molecule has 6 heteroatoms. The molecule has 0 saturated heterocycles. The molecule has 1 aromatic heterocycles. The summed E-state index contributed by atoms with van der Waals surface area (Å²) in [6.07, 6.45) is 0.608. The summed E-state index contributed by atoms with van der Waals surface area (Å²) < 4.78 is 10.5. The fourth-order valence-corrected chi connectivity index (χ4v) is 2.20. The Morgan fingerprint density at radius 3 is 2.50 bits per heavy atom. The molecule has 0 aliphatic rings. The molecule has 0 fully saturated rings. The zero-order valence-corrected chi connectivity index (χ0v) is 12.5. The van der Waals surface area contributed by atoms with Crippen LogP contribution in [0.4, 0.5) is 0 Å². The molecule has 0 saturated carbocycles. The van der Waals surface area contributed by atoms with E-state index in [1.807, 2.05) is 48.5 Å². The standard InChI is InChI=1S/C16H16N4O2/c1-21-14-9-8-12(10-15(14)22-2)11-16-17-19-20(18-16)13-6-4-3-5-7-13/h3-10H,11H2,1-2H3/p+1. The average molecular weight is 297 g/mol. The smallest absolute Gasteiger partial charge is 0.313 e. The van der Waals surface area contributed by atoms with Gasteiger partial charge in [0.1, 0.15) is 0 Å². The highest BCUT2D eigenvalue weighted by Gasteiger charge is 2.14. The molecule has 0 spiro atoms. The minimum absolute atomic E-state index is 0.608. The summed E-state index contributed by atoms with van der Waals surface area (Å²) in [5.41, 5.74) is 1.99. The summed E-state index contributed by atoms with van der Waals surface area (Å²) in [7, 11) is 3.24. The molecule has 6 nitrogen and oxygen atoms in total. The number of rotatable bonds is 5. The van der Waals surface area contributed by atoms with Crippen LogP contribution in [0.1, 0.15) is 11.4 Å². The van der Waals surface area contributed by atoms with Crippen molar-refractivity contribution in [3.8, 4) is 17.2 Å². The second-order valence-corrected chi connectivity index (χ2v) is 4.74. The van der Waals surface area contributed by atoms with Gasteiger partial charge in [-0.2, -0.15) is 0 Å². The third-order valence-electron chi connectivity index (χ3n) is 3.30. The van der Waals surface area contributed by atoms with Crippen LogP contribution in [0.2, 0.25) is 0 Å². The van der Waals surface area contributed by atoms with Crippen LogP contribution >= 0.6 is 0 Å². The van der Waals surface area contributed by atoms with Gasteiger partial charge in [-0.25, -0.2) is 0 Å². The van der Waals surface area contributed by atoms with Crippen LogP contribution in [0.3, 0.4) is 0 Å². The summed E-state index contributed by atoms with van der Waals surface area (Å²) in [5, 5.41) is 11.6. The fourth-order valence-electron chi connectivity index (χ4n) is 2.20. The Labute approximate surface area is 128 Å². The number of methoxy groups -OCH3 is 2. The largest absolute Gasteiger partial charge is 0.493 e. The van der Waals surface area contributed by atoms with Crippen LogP contribution in [0.5, 0.6) is 11.5 Å². The summed E-state index contributed by atoms with van der Waals surface area (Å²) in [6.45, 7) is 0. The predicted molar refractivity (Wildman–Crippen MR) is 80.3 cm³/mol. The molecule has 0 unspecified atom stereocenters. The number of hydrogen-bond donors (Lipinski definition) is 1. The van der Waals surface area contributed by atoms with Crippen molar-refractivity contribution in [1.82, 2.24) is 15.4 Å². The average Bonchev–Trinajstić information content (AvgIpc) is 3.04. The molecule has 0 bridgehead atoms. The zero-order chi connectivity index (χ0) is 15.4. The first-order chi connectivity index (χ1) is 10.8. The Hall–Kier alpha value is -2.89. The van der Waals surface area contributed by atoms with Gasteiger partial charge in [0.15, 0.2) is 17.2 Å². The molecule has 1 heterocycles. The van der Waals surface area contributed by atoms with Crippen LogP contribution in [-0.4, -0.2) is 29.6 Å². The lowest BCUT2D eigenvalue weighted by molar-refractivity contribution is -0.717. The predicted octanol–water partition coefficient (Wildman–Crippen LogP) is 1.69. The van der Waals surface area contributed by atoms with E-state index in [1.54, 1.807) is 19.0 Å². The topological polar surface area (TPSA) is 63.9 Å². The van der Waals surface area contributed by atoms with Crippen molar-refractivity contribution in [1.29, 1.82) is 0 Å². The second-order valence-electron chi connectivity index (χ2n) is 4.74. The molecule has 0 amide bonds. The first kappa shape index (κ1) is 14.1. The molecular weight excluding hydrogens is 280 g/mol. The lowest BCUT2D eigenvalue weighted by atomic mass is 10.1. The molecular formula is C16H17N4O2+. The molecule has 2 aromatic carbocycles. The first-order valence-corrected chi connectivity index (χ1v) is 6.90. The fraction of sp³-hybridized carbons (Fsp3) is 0.188. The Balaban J connectivity index is 1.81. The number of benzene rings is 2. The maximum Gasteiger partial charge on any atom is 0.313 e. The van der Waals surface area contributed by atoms with Gasteiger partial charge in [-0.15, -0.1) is 0 Å². The minimum atomic E-state index is 0.608. The van der Waals surface area contributed by atoms with Gasteiger partial charge in [-0.1, -0.05) is 24.3 Å². The molecule has 0 aliphatic carbocycles. The Kier molecular flexibility index (Phi) is 4.00. The van der Waals surface area contributed by atoms with Gasteiger partial charge >= 0.3 is 5.82 Å². The van der Waals surface area contributed by atoms with Crippen molar-refractivity contribution < 1.29 is 14.3 Å². The molecule has 112 valence electrons. The van der Waals surface area contributed by atoms with Crippen molar-refractivity contribution in [3.63, 3.8) is 0 Å². The quantitative estimate of drug-likeness (QED) is 0.728. The van der Waals surface area contributed by atoms with E-state index in [-0.39, 0.29) is 0 Å². The van der Waals surface area contributed by atoms with E-state index in [4.69, 9.17) is 9.47 Å². The van der Waals surface area contributed by atoms with Crippen LogP contribution in [0.25, 0.3) is 5.69 Å². The van der Waals surface area contributed by atoms with Gasteiger partial charge in [-0.05, 0) is 44.9 Å². The van der Waals surface area contributed by atoms with Crippen molar-refractivity contribution in [3.05, 3.63) is 59.9 Å². The highest BCUT2D eigenvalue weighted by atomic mass is 16.5. The van der Waals surface area contributed by atoms with Gasteiger partial charge in [0.05, 0.1) is 25.7 Å². The second kappa shape index (κ2) is 6.26. The number of tetrazole rings is 1. The summed E-state index contributed by atoms with van der Waals surface area (Å²) >= 11 is 0. The van der Waals surface area contributed by atoms with E-state index in [1.165, 1.54) is 0 Å². The number of nitrogens with zero attached hydrogens (tertiary/aromatic N) is 3. The van der Waals surface area contributed by atoms with Gasteiger partial charge in [0, 0.05) is 0 Å². The van der Waals surface area contributed by atoms with Crippen molar-refractivity contribution in [2.75, 3.05) is 14.2 Å². The van der Waals surface area contributed by atoms with Crippen LogP contribution in [0, 0.1) is 0 Å².